The van der Waals surface area contributed by atoms with Crippen LogP contribution in [-0.2, 0) is 22.6 Å². The molecule has 1 aliphatic rings. The summed E-state index contributed by atoms with van der Waals surface area (Å²) < 4.78 is 18.0. The Balaban J connectivity index is 1.56. The monoisotopic (exact) mass is 373 g/mol. The minimum atomic E-state index is -0.319. The lowest BCUT2D eigenvalue weighted by atomic mass is 9.96. The molecule has 1 fully saturated rings. The van der Waals surface area contributed by atoms with Crippen LogP contribution < -0.4 is 0 Å². The predicted octanol–water partition coefficient (Wildman–Crippen LogP) is 2.56. The van der Waals surface area contributed by atoms with Crippen LogP contribution >= 0.6 is 0 Å². The normalized spacial score (nSPS) is 17.0. The molecule has 0 N–H and O–H groups in total. The second-order valence-corrected chi connectivity index (χ2v) is 7.11. The number of nitrogens with zero attached hydrogens (tertiary/aromatic N) is 3. The van der Waals surface area contributed by atoms with Crippen LogP contribution in [-0.4, -0.2) is 46.9 Å². The fourth-order valence-electron chi connectivity index (χ4n) is 3.42. The Morgan fingerprint density at radius 3 is 2.74 bits per heavy atom. The van der Waals surface area contributed by atoms with Crippen molar-refractivity contribution < 1.29 is 18.5 Å². The maximum Gasteiger partial charge on any atom is 0.227 e. The lowest BCUT2D eigenvalue weighted by molar-refractivity contribution is -0.140. The van der Waals surface area contributed by atoms with Crippen molar-refractivity contribution in [3.63, 3.8) is 0 Å². The van der Waals surface area contributed by atoms with Crippen molar-refractivity contribution in [2.45, 2.75) is 32.7 Å². The molecule has 6 nitrogen and oxygen atoms in total. The van der Waals surface area contributed by atoms with Crippen LogP contribution in [0.5, 0.6) is 0 Å². The zero-order chi connectivity index (χ0) is 19.4. The highest BCUT2D eigenvalue weighted by atomic mass is 19.1. The fourth-order valence-corrected chi connectivity index (χ4v) is 3.42. The van der Waals surface area contributed by atoms with Crippen LogP contribution in [0.1, 0.15) is 29.9 Å². The lowest BCUT2D eigenvalue weighted by Gasteiger charge is -2.34. The molecule has 1 saturated heterocycles. The first-order chi connectivity index (χ1) is 12.9. The van der Waals surface area contributed by atoms with Crippen LogP contribution in [0, 0.1) is 18.7 Å². The van der Waals surface area contributed by atoms with Crippen molar-refractivity contribution in [2.75, 3.05) is 20.1 Å². The Bertz CT molecular complexity index is 803. The molecule has 1 atom stereocenters. The third kappa shape index (κ3) is 4.93. The van der Waals surface area contributed by atoms with Gasteiger partial charge in [0.25, 0.3) is 0 Å². The second-order valence-electron chi connectivity index (χ2n) is 7.11. The molecule has 1 aromatic carbocycles. The van der Waals surface area contributed by atoms with Crippen molar-refractivity contribution >= 4 is 11.8 Å². The van der Waals surface area contributed by atoms with Gasteiger partial charge in [-0.05, 0) is 37.5 Å². The molecule has 2 aromatic rings. The van der Waals surface area contributed by atoms with Crippen LogP contribution in [0.2, 0.25) is 0 Å². The van der Waals surface area contributed by atoms with Gasteiger partial charge in [0.2, 0.25) is 11.8 Å². The minimum absolute atomic E-state index is 0.00920. The van der Waals surface area contributed by atoms with Gasteiger partial charge in [0, 0.05) is 26.2 Å². The van der Waals surface area contributed by atoms with Crippen molar-refractivity contribution in [3.05, 3.63) is 53.2 Å². The van der Waals surface area contributed by atoms with Crippen molar-refractivity contribution in [1.82, 2.24) is 15.0 Å². The van der Waals surface area contributed by atoms with E-state index in [2.05, 4.69) is 5.16 Å². The molecule has 2 amide bonds. The highest BCUT2D eigenvalue weighted by Gasteiger charge is 2.30. The van der Waals surface area contributed by atoms with Crippen LogP contribution in [0.25, 0.3) is 0 Å². The second kappa shape index (κ2) is 8.33. The maximum absolute atomic E-state index is 13.0. The van der Waals surface area contributed by atoms with Gasteiger partial charge in [0.05, 0.1) is 18.9 Å². The molecule has 7 heteroatoms. The summed E-state index contributed by atoms with van der Waals surface area (Å²) in [5.41, 5.74) is 1.48. The summed E-state index contributed by atoms with van der Waals surface area (Å²) in [6.45, 7) is 3.26. The Hall–Kier alpha value is -2.70. The maximum atomic E-state index is 13.0. The van der Waals surface area contributed by atoms with E-state index in [4.69, 9.17) is 4.52 Å². The number of halogens is 1. The number of carbonyl (C=O) groups is 2. The summed E-state index contributed by atoms with van der Waals surface area (Å²) in [5.74, 6) is 0.152. The molecule has 0 saturated carbocycles. The van der Waals surface area contributed by atoms with E-state index in [1.807, 2.05) is 13.0 Å². The summed E-state index contributed by atoms with van der Waals surface area (Å²) in [7, 11) is 1.74. The SMILES string of the molecule is Cc1cc(CN(C)C(=O)[C@H]2CCCN(C(=O)Cc3ccc(F)cc3)C2)no1. The number of rotatable bonds is 5. The van der Waals surface area contributed by atoms with E-state index in [-0.39, 0.29) is 30.0 Å². The number of hydrogen-bond donors (Lipinski definition) is 0. The van der Waals surface area contributed by atoms with Gasteiger partial charge in [-0.15, -0.1) is 0 Å². The Kier molecular flexibility index (Phi) is 5.88. The van der Waals surface area contributed by atoms with E-state index in [1.54, 1.807) is 29.0 Å². The number of benzene rings is 1. The molecule has 0 radical (unpaired) electrons. The average Bonchev–Trinajstić information content (AvgIpc) is 3.07. The van der Waals surface area contributed by atoms with Crippen LogP contribution in [0.15, 0.2) is 34.9 Å². The average molecular weight is 373 g/mol. The number of aromatic nitrogens is 1. The minimum Gasteiger partial charge on any atom is -0.361 e. The first-order valence-electron chi connectivity index (χ1n) is 9.12. The molecule has 3 rings (SSSR count). The highest BCUT2D eigenvalue weighted by Crippen LogP contribution is 2.20. The zero-order valence-corrected chi connectivity index (χ0v) is 15.7. The van der Waals surface area contributed by atoms with E-state index in [1.165, 1.54) is 12.1 Å². The molecular formula is C20H24FN3O3. The summed E-state index contributed by atoms with van der Waals surface area (Å²) in [6, 6.07) is 7.75. The summed E-state index contributed by atoms with van der Waals surface area (Å²) in [5, 5.41) is 3.92. The Labute approximate surface area is 157 Å². The largest absolute Gasteiger partial charge is 0.361 e. The van der Waals surface area contributed by atoms with Gasteiger partial charge in [-0.25, -0.2) is 4.39 Å². The topological polar surface area (TPSA) is 66.7 Å². The third-order valence-corrected chi connectivity index (χ3v) is 4.84. The van der Waals surface area contributed by atoms with E-state index < -0.39 is 0 Å². The molecule has 1 aliphatic heterocycles. The number of amides is 2. The predicted molar refractivity (Wildman–Crippen MR) is 97.1 cm³/mol. The Morgan fingerprint density at radius 2 is 2.07 bits per heavy atom. The van der Waals surface area contributed by atoms with Gasteiger partial charge in [-0.2, -0.15) is 0 Å². The van der Waals surface area contributed by atoms with Gasteiger partial charge in [0.15, 0.2) is 0 Å². The van der Waals surface area contributed by atoms with Gasteiger partial charge < -0.3 is 14.3 Å². The van der Waals surface area contributed by atoms with Crippen molar-refractivity contribution in [3.8, 4) is 0 Å². The van der Waals surface area contributed by atoms with Gasteiger partial charge in [0.1, 0.15) is 17.3 Å². The number of hydrogen-bond acceptors (Lipinski definition) is 4. The number of aryl methyl sites for hydroxylation is 1. The molecular weight excluding hydrogens is 349 g/mol. The molecule has 0 spiro atoms. The molecule has 0 bridgehead atoms. The van der Waals surface area contributed by atoms with Crippen molar-refractivity contribution in [2.24, 2.45) is 5.92 Å². The number of likely N-dealkylation sites (tertiary alicyclic amines) is 1. The van der Waals surface area contributed by atoms with Gasteiger partial charge in [-0.1, -0.05) is 17.3 Å². The molecule has 2 heterocycles. The van der Waals surface area contributed by atoms with Crippen LogP contribution in [0.4, 0.5) is 4.39 Å². The first-order valence-corrected chi connectivity index (χ1v) is 9.12. The molecule has 144 valence electrons. The Morgan fingerprint density at radius 1 is 1.33 bits per heavy atom. The van der Waals surface area contributed by atoms with Crippen LogP contribution in [0.3, 0.4) is 0 Å². The van der Waals surface area contributed by atoms with E-state index in [0.29, 0.717) is 31.1 Å². The highest BCUT2D eigenvalue weighted by molar-refractivity contribution is 5.82. The lowest BCUT2D eigenvalue weighted by Crippen LogP contribution is -2.46. The smallest absolute Gasteiger partial charge is 0.227 e. The zero-order valence-electron chi connectivity index (χ0n) is 15.7. The number of piperidine rings is 1. The molecule has 1 aromatic heterocycles. The molecule has 0 aliphatic carbocycles. The first kappa shape index (κ1) is 19.1. The summed E-state index contributed by atoms with van der Waals surface area (Å²) in [4.78, 5) is 28.7. The van der Waals surface area contributed by atoms with E-state index in [0.717, 1.165) is 18.4 Å². The van der Waals surface area contributed by atoms with Gasteiger partial charge >= 0.3 is 0 Å². The fraction of sp³-hybridized carbons (Fsp3) is 0.450. The van der Waals surface area contributed by atoms with E-state index in [9.17, 15) is 14.0 Å². The molecule has 27 heavy (non-hydrogen) atoms. The third-order valence-electron chi connectivity index (χ3n) is 4.84. The summed E-state index contributed by atoms with van der Waals surface area (Å²) in [6.07, 6.45) is 1.78. The van der Waals surface area contributed by atoms with Gasteiger partial charge in [-0.3, -0.25) is 9.59 Å². The van der Waals surface area contributed by atoms with Crippen molar-refractivity contribution in [1.29, 1.82) is 0 Å². The standard InChI is InChI=1S/C20H24FN3O3/c1-14-10-18(22-27-14)13-23(2)20(26)16-4-3-9-24(12-16)19(25)11-15-5-7-17(21)8-6-15/h5-8,10,16H,3-4,9,11-13H2,1-2H3/t16-/m0/s1. The van der Waals surface area contributed by atoms with E-state index >= 15 is 0 Å². The quantitative estimate of drug-likeness (QED) is 0.808. The summed E-state index contributed by atoms with van der Waals surface area (Å²) >= 11 is 0. The number of carbonyl (C=O) groups excluding carboxylic acids is 2. The molecule has 0 unspecified atom stereocenters.